The van der Waals surface area contributed by atoms with E-state index in [1.165, 1.54) is 16.2 Å². The Bertz CT molecular complexity index is 365. The van der Waals surface area contributed by atoms with Crippen molar-refractivity contribution in [1.29, 1.82) is 0 Å². The fourth-order valence-electron chi connectivity index (χ4n) is 1.40. The fraction of sp³-hybridized carbons (Fsp3) is 0.636. The summed E-state index contributed by atoms with van der Waals surface area (Å²) in [5.74, 6) is 0. The molecule has 0 fully saturated rings. The van der Waals surface area contributed by atoms with Crippen LogP contribution in [0.5, 0.6) is 0 Å². The fourth-order valence-corrected chi connectivity index (χ4v) is 2.14. The van der Waals surface area contributed by atoms with Gasteiger partial charge in [-0.15, -0.1) is 11.3 Å². The van der Waals surface area contributed by atoms with Gasteiger partial charge in [-0.25, -0.2) is 9.78 Å². The van der Waals surface area contributed by atoms with E-state index in [1.807, 2.05) is 5.38 Å². The average Bonchev–Trinajstić information content (AvgIpc) is 2.65. The number of aryl methyl sites for hydroxylation is 1. The van der Waals surface area contributed by atoms with Crippen molar-refractivity contribution in [1.82, 2.24) is 9.88 Å². The van der Waals surface area contributed by atoms with Crippen molar-refractivity contribution < 1.29 is 9.90 Å². The minimum absolute atomic E-state index is 0.247. The lowest BCUT2D eigenvalue weighted by Crippen LogP contribution is -2.36. The number of nitrogens with one attached hydrogen (secondary N) is 1. The zero-order valence-corrected chi connectivity index (χ0v) is 11.3. The molecule has 0 aliphatic rings. The topological polar surface area (TPSA) is 65.5 Å². The third-order valence-corrected chi connectivity index (χ3v) is 2.96. The molecule has 1 heterocycles. The number of aromatic nitrogens is 1. The molecule has 2 N–H and O–H groups in total. The molecule has 1 aromatic heterocycles. The SMILES string of the molecule is CCCc1csc(NC(=O)N(C)CC(C)O)n1. The number of carbonyl (C=O) groups excluding carboxylic acids is 1. The minimum atomic E-state index is -0.530. The van der Waals surface area contributed by atoms with E-state index in [4.69, 9.17) is 0 Å². The van der Waals surface area contributed by atoms with Gasteiger partial charge in [0.05, 0.1) is 11.8 Å². The van der Waals surface area contributed by atoms with E-state index in [2.05, 4.69) is 17.2 Å². The number of carbonyl (C=O) groups is 1. The van der Waals surface area contributed by atoms with Crippen LogP contribution < -0.4 is 5.32 Å². The lowest BCUT2D eigenvalue weighted by molar-refractivity contribution is 0.149. The Morgan fingerprint density at radius 1 is 1.71 bits per heavy atom. The molecule has 6 heteroatoms. The summed E-state index contributed by atoms with van der Waals surface area (Å²) < 4.78 is 0. The number of thiazole rings is 1. The maximum atomic E-state index is 11.7. The molecule has 0 saturated carbocycles. The van der Waals surface area contributed by atoms with E-state index in [9.17, 15) is 9.90 Å². The first-order valence-electron chi connectivity index (χ1n) is 5.67. The molecule has 2 amide bonds. The van der Waals surface area contributed by atoms with E-state index >= 15 is 0 Å². The molecule has 0 bridgehead atoms. The Morgan fingerprint density at radius 2 is 2.41 bits per heavy atom. The van der Waals surface area contributed by atoms with E-state index in [-0.39, 0.29) is 6.03 Å². The van der Waals surface area contributed by atoms with Crippen molar-refractivity contribution >= 4 is 22.5 Å². The normalized spacial score (nSPS) is 12.2. The molecule has 0 saturated heterocycles. The van der Waals surface area contributed by atoms with Crippen LogP contribution in [0.25, 0.3) is 0 Å². The van der Waals surface area contributed by atoms with Crippen molar-refractivity contribution in [2.24, 2.45) is 0 Å². The Morgan fingerprint density at radius 3 is 3.00 bits per heavy atom. The number of anilines is 1. The second kappa shape index (κ2) is 6.56. The third-order valence-electron chi connectivity index (χ3n) is 2.16. The number of amides is 2. The van der Waals surface area contributed by atoms with E-state index in [0.717, 1.165) is 18.5 Å². The number of hydrogen-bond acceptors (Lipinski definition) is 4. The summed E-state index contributed by atoms with van der Waals surface area (Å²) in [5, 5.41) is 14.4. The highest BCUT2D eigenvalue weighted by molar-refractivity contribution is 7.13. The first-order valence-corrected chi connectivity index (χ1v) is 6.55. The van der Waals surface area contributed by atoms with Gasteiger partial charge in [0.1, 0.15) is 0 Å². The summed E-state index contributed by atoms with van der Waals surface area (Å²) in [4.78, 5) is 17.4. The summed E-state index contributed by atoms with van der Waals surface area (Å²) in [5.41, 5.74) is 1.01. The van der Waals surface area contributed by atoms with Gasteiger partial charge in [0, 0.05) is 19.0 Å². The third kappa shape index (κ3) is 4.70. The van der Waals surface area contributed by atoms with Gasteiger partial charge < -0.3 is 10.0 Å². The van der Waals surface area contributed by atoms with Gasteiger partial charge in [0.15, 0.2) is 5.13 Å². The molecule has 0 spiro atoms. The van der Waals surface area contributed by atoms with Crippen LogP contribution in [-0.4, -0.2) is 40.7 Å². The van der Waals surface area contributed by atoms with Gasteiger partial charge in [0.2, 0.25) is 0 Å². The molecule has 0 aliphatic heterocycles. The number of likely N-dealkylation sites (N-methyl/N-ethyl adjacent to an activating group) is 1. The number of nitrogens with zero attached hydrogens (tertiary/aromatic N) is 2. The molecule has 5 nitrogen and oxygen atoms in total. The molecule has 96 valence electrons. The van der Waals surface area contributed by atoms with Crippen LogP contribution >= 0.6 is 11.3 Å². The molecule has 1 aromatic rings. The molecule has 1 atom stereocenters. The molecule has 0 aliphatic carbocycles. The Balaban J connectivity index is 2.49. The highest BCUT2D eigenvalue weighted by atomic mass is 32.1. The summed E-state index contributed by atoms with van der Waals surface area (Å²) in [6.45, 7) is 4.04. The Hall–Kier alpha value is -1.14. The van der Waals surface area contributed by atoms with Gasteiger partial charge >= 0.3 is 6.03 Å². The van der Waals surface area contributed by atoms with Crippen LogP contribution in [0.2, 0.25) is 0 Å². The Labute approximate surface area is 105 Å². The van der Waals surface area contributed by atoms with Gasteiger partial charge in [-0.1, -0.05) is 13.3 Å². The quantitative estimate of drug-likeness (QED) is 0.847. The molecule has 0 radical (unpaired) electrons. The number of hydrogen-bond donors (Lipinski definition) is 2. The second-order valence-corrected chi connectivity index (χ2v) is 4.91. The van der Waals surface area contributed by atoms with Crippen molar-refractivity contribution in [2.45, 2.75) is 32.8 Å². The van der Waals surface area contributed by atoms with Gasteiger partial charge in [0.25, 0.3) is 0 Å². The van der Waals surface area contributed by atoms with Gasteiger partial charge in [-0.05, 0) is 13.3 Å². The predicted octanol–water partition coefficient (Wildman–Crippen LogP) is 1.94. The standard InChI is InChI=1S/C11H19N3O2S/c1-4-5-9-7-17-10(12-9)13-11(16)14(3)6-8(2)15/h7-8,15H,4-6H2,1-3H3,(H,12,13,16). The maximum Gasteiger partial charge on any atom is 0.323 e. The minimum Gasteiger partial charge on any atom is -0.392 e. The lowest BCUT2D eigenvalue weighted by Gasteiger charge is -2.18. The highest BCUT2D eigenvalue weighted by Gasteiger charge is 2.12. The number of aliphatic hydroxyl groups excluding tert-OH is 1. The summed E-state index contributed by atoms with van der Waals surface area (Å²) in [7, 11) is 1.64. The van der Waals surface area contributed by atoms with Crippen LogP contribution in [0.4, 0.5) is 9.93 Å². The molecular formula is C11H19N3O2S. The molecular weight excluding hydrogens is 238 g/mol. The zero-order valence-electron chi connectivity index (χ0n) is 10.4. The van der Waals surface area contributed by atoms with Crippen molar-refractivity contribution in [3.63, 3.8) is 0 Å². The monoisotopic (exact) mass is 257 g/mol. The maximum absolute atomic E-state index is 11.7. The Kier molecular flexibility index (Phi) is 5.37. The first kappa shape index (κ1) is 13.9. The molecule has 0 aromatic carbocycles. The van der Waals surface area contributed by atoms with E-state index in [1.54, 1.807) is 14.0 Å². The van der Waals surface area contributed by atoms with Crippen molar-refractivity contribution in [2.75, 3.05) is 18.9 Å². The van der Waals surface area contributed by atoms with Crippen LogP contribution in [0, 0.1) is 0 Å². The van der Waals surface area contributed by atoms with Crippen LogP contribution in [0.15, 0.2) is 5.38 Å². The molecule has 17 heavy (non-hydrogen) atoms. The zero-order chi connectivity index (χ0) is 12.8. The summed E-state index contributed by atoms with van der Waals surface area (Å²) in [6.07, 6.45) is 1.44. The second-order valence-electron chi connectivity index (χ2n) is 4.05. The number of urea groups is 1. The van der Waals surface area contributed by atoms with E-state index in [0.29, 0.717) is 11.7 Å². The molecule has 1 rings (SSSR count). The van der Waals surface area contributed by atoms with E-state index < -0.39 is 6.10 Å². The first-order chi connectivity index (χ1) is 8.02. The summed E-state index contributed by atoms with van der Waals surface area (Å²) >= 11 is 1.42. The summed E-state index contributed by atoms with van der Waals surface area (Å²) in [6, 6.07) is -0.247. The van der Waals surface area contributed by atoms with Crippen molar-refractivity contribution in [3.8, 4) is 0 Å². The largest absolute Gasteiger partial charge is 0.392 e. The lowest BCUT2D eigenvalue weighted by atomic mass is 10.3. The smallest absolute Gasteiger partial charge is 0.323 e. The van der Waals surface area contributed by atoms with Crippen molar-refractivity contribution in [3.05, 3.63) is 11.1 Å². The van der Waals surface area contributed by atoms with Gasteiger partial charge in [-0.2, -0.15) is 0 Å². The highest BCUT2D eigenvalue weighted by Crippen LogP contribution is 2.16. The number of rotatable bonds is 5. The molecule has 1 unspecified atom stereocenters. The van der Waals surface area contributed by atoms with Crippen LogP contribution in [0.3, 0.4) is 0 Å². The van der Waals surface area contributed by atoms with Crippen LogP contribution in [0.1, 0.15) is 26.0 Å². The van der Waals surface area contributed by atoms with Gasteiger partial charge in [-0.3, -0.25) is 5.32 Å². The average molecular weight is 257 g/mol. The number of aliphatic hydroxyl groups is 1. The van der Waals surface area contributed by atoms with Crippen LogP contribution in [-0.2, 0) is 6.42 Å². The predicted molar refractivity (Wildman–Crippen MR) is 69.4 cm³/mol.